The molecule has 1 aliphatic rings. The lowest BCUT2D eigenvalue weighted by atomic mass is 9.89. The molecule has 1 amide bonds. The van der Waals surface area contributed by atoms with Gasteiger partial charge in [0, 0.05) is 19.1 Å². The van der Waals surface area contributed by atoms with Crippen LogP contribution in [0.5, 0.6) is 0 Å². The first kappa shape index (κ1) is 14.5. The summed E-state index contributed by atoms with van der Waals surface area (Å²) in [5, 5.41) is 0. The maximum Gasteiger partial charge on any atom is 0.226 e. The average molecular weight is 240 g/mol. The lowest BCUT2D eigenvalue weighted by Crippen LogP contribution is -2.46. The third-order valence-electron chi connectivity index (χ3n) is 3.81. The second-order valence-electron chi connectivity index (χ2n) is 6.07. The van der Waals surface area contributed by atoms with Crippen molar-refractivity contribution in [2.75, 3.05) is 13.1 Å². The average Bonchev–Trinajstić information content (AvgIpc) is 2.26. The van der Waals surface area contributed by atoms with Crippen molar-refractivity contribution in [2.24, 2.45) is 23.5 Å². The van der Waals surface area contributed by atoms with Crippen LogP contribution in [0.1, 0.15) is 47.0 Å². The molecule has 3 nitrogen and oxygen atoms in total. The van der Waals surface area contributed by atoms with Gasteiger partial charge in [0.15, 0.2) is 0 Å². The van der Waals surface area contributed by atoms with E-state index >= 15 is 0 Å². The molecular formula is C14H28N2O. The Balaban J connectivity index is 2.51. The summed E-state index contributed by atoms with van der Waals surface area (Å²) < 4.78 is 0. The smallest absolute Gasteiger partial charge is 0.226 e. The number of hydrogen-bond acceptors (Lipinski definition) is 2. The molecule has 0 aromatic rings. The monoisotopic (exact) mass is 240 g/mol. The topological polar surface area (TPSA) is 46.3 Å². The second-order valence-corrected chi connectivity index (χ2v) is 6.07. The summed E-state index contributed by atoms with van der Waals surface area (Å²) in [4.78, 5) is 14.2. The van der Waals surface area contributed by atoms with E-state index in [9.17, 15) is 4.79 Å². The fourth-order valence-electron chi connectivity index (χ4n) is 2.64. The highest BCUT2D eigenvalue weighted by molar-refractivity contribution is 5.79. The number of carbonyl (C=O) groups is 1. The normalized spacial score (nSPS) is 24.8. The zero-order chi connectivity index (χ0) is 13.0. The maximum atomic E-state index is 12.2. The first-order chi connectivity index (χ1) is 7.91. The molecule has 3 unspecified atom stereocenters. The Morgan fingerprint density at radius 2 is 2.00 bits per heavy atom. The zero-order valence-corrected chi connectivity index (χ0v) is 11.8. The van der Waals surface area contributed by atoms with Crippen LogP contribution in [-0.4, -0.2) is 29.9 Å². The van der Waals surface area contributed by atoms with Gasteiger partial charge in [0.25, 0.3) is 0 Å². The lowest BCUT2D eigenvalue weighted by Gasteiger charge is -2.35. The molecule has 1 aliphatic heterocycles. The van der Waals surface area contributed by atoms with Crippen LogP contribution in [-0.2, 0) is 4.79 Å². The highest BCUT2D eigenvalue weighted by Gasteiger charge is 2.28. The molecule has 3 heteroatoms. The molecule has 0 spiro atoms. The van der Waals surface area contributed by atoms with Crippen molar-refractivity contribution in [2.45, 2.75) is 53.0 Å². The van der Waals surface area contributed by atoms with Gasteiger partial charge in [-0.15, -0.1) is 0 Å². The fraction of sp³-hybridized carbons (Fsp3) is 0.929. The summed E-state index contributed by atoms with van der Waals surface area (Å²) in [5.41, 5.74) is 5.81. The molecule has 17 heavy (non-hydrogen) atoms. The van der Waals surface area contributed by atoms with Crippen molar-refractivity contribution < 1.29 is 4.79 Å². The summed E-state index contributed by atoms with van der Waals surface area (Å²) in [6.07, 6.45) is 3.65. The minimum atomic E-state index is -0.0483. The summed E-state index contributed by atoms with van der Waals surface area (Å²) >= 11 is 0. The Bertz CT molecular complexity index is 251. The quantitative estimate of drug-likeness (QED) is 0.819. The highest BCUT2D eigenvalue weighted by Crippen LogP contribution is 2.24. The van der Waals surface area contributed by atoms with E-state index in [1.165, 1.54) is 12.8 Å². The molecule has 0 saturated carbocycles. The van der Waals surface area contributed by atoms with Gasteiger partial charge in [0.05, 0.1) is 5.92 Å². The van der Waals surface area contributed by atoms with Crippen LogP contribution in [0.4, 0.5) is 0 Å². The number of amides is 1. The van der Waals surface area contributed by atoms with E-state index in [0.717, 1.165) is 25.4 Å². The minimum Gasteiger partial charge on any atom is -0.342 e. The van der Waals surface area contributed by atoms with E-state index in [0.29, 0.717) is 5.92 Å². The largest absolute Gasteiger partial charge is 0.342 e. The number of carbonyl (C=O) groups excluding carboxylic acids is 1. The van der Waals surface area contributed by atoms with Gasteiger partial charge in [-0.1, -0.05) is 20.8 Å². The summed E-state index contributed by atoms with van der Waals surface area (Å²) in [7, 11) is 0. The third-order valence-corrected chi connectivity index (χ3v) is 3.81. The Kier molecular flexibility index (Phi) is 5.44. The molecule has 1 rings (SSSR count). The van der Waals surface area contributed by atoms with Crippen molar-refractivity contribution in [1.82, 2.24) is 4.90 Å². The van der Waals surface area contributed by atoms with E-state index in [1.54, 1.807) is 0 Å². The van der Waals surface area contributed by atoms with Crippen molar-refractivity contribution in [1.29, 1.82) is 0 Å². The Morgan fingerprint density at radius 3 is 2.53 bits per heavy atom. The summed E-state index contributed by atoms with van der Waals surface area (Å²) in [6.45, 7) is 10.2. The van der Waals surface area contributed by atoms with Crippen LogP contribution >= 0.6 is 0 Å². The van der Waals surface area contributed by atoms with Crippen molar-refractivity contribution >= 4 is 5.91 Å². The zero-order valence-electron chi connectivity index (χ0n) is 11.8. The fourth-order valence-corrected chi connectivity index (χ4v) is 2.64. The number of piperidine rings is 1. The molecular weight excluding hydrogens is 212 g/mol. The van der Waals surface area contributed by atoms with Crippen LogP contribution in [0.3, 0.4) is 0 Å². The van der Waals surface area contributed by atoms with Gasteiger partial charge in [0.1, 0.15) is 0 Å². The third kappa shape index (κ3) is 4.30. The van der Waals surface area contributed by atoms with Gasteiger partial charge >= 0.3 is 0 Å². The standard InChI is InChI=1S/C14H28N2O/c1-10(2)8-13-6-5-7-16(9-13)14(17)11(3)12(4)15/h10-13H,5-9,15H2,1-4H3. The number of rotatable bonds is 4. The van der Waals surface area contributed by atoms with Gasteiger partial charge in [-0.3, -0.25) is 4.79 Å². The number of likely N-dealkylation sites (tertiary alicyclic amines) is 1. The Hall–Kier alpha value is -0.570. The Labute approximate surface area is 106 Å². The van der Waals surface area contributed by atoms with Gasteiger partial charge in [-0.05, 0) is 38.0 Å². The molecule has 0 aliphatic carbocycles. The van der Waals surface area contributed by atoms with E-state index in [-0.39, 0.29) is 17.9 Å². The molecule has 1 fully saturated rings. The molecule has 1 saturated heterocycles. The van der Waals surface area contributed by atoms with Crippen LogP contribution in [0, 0.1) is 17.8 Å². The van der Waals surface area contributed by atoms with Crippen LogP contribution in [0.25, 0.3) is 0 Å². The van der Waals surface area contributed by atoms with Gasteiger partial charge in [-0.25, -0.2) is 0 Å². The van der Waals surface area contributed by atoms with Crippen molar-refractivity contribution in [3.05, 3.63) is 0 Å². The molecule has 0 radical (unpaired) electrons. The Morgan fingerprint density at radius 1 is 1.35 bits per heavy atom. The molecule has 2 N–H and O–H groups in total. The number of hydrogen-bond donors (Lipinski definition) is 1. The van der Waals surface area contributed by atoms with Crippen LogP contribution < -0.4 is 5.73 Å². The predicted octanol–water partition coefficient (Wildman–Crippen LogP) is 2.25. The van der Waals surface area contributed by atoms with Crippen molar-refractivity contribution in [3.8, 4) is 0 Å². The maximum absolute atomic E-state index is 12.2. The van der Waals surface area contributed by atoms with Crippen LogP contribution in [0.2, 0.25) is 0 Å². The highest BCUT2D eigenvalue weighted by atomic mass is 16.2. The van der Waals surface area contributed by atoms with Crippen LogP contribution in [0.15, 0.2) is 0 Å². The number of nitrogens with two attached hydrogens (primary N) is 1. The van der Waals surface area contributed by atoms with Gasteiger partial charge in [0.2, 0.25) is 5.91 Å². The molecule has 0 bridgehead atoms. The van der Waals surface area contributed by atoms with Gasteiger partial charge in [-0.2, -0.15) is 0 Å². The summed E-state index contributed by atoms with van der Waals surface area (Å²) in [6, 6.07) is -0.0482. The molecule has 1 heterocycles. The lowest BCUT2D eigenvalue weighted by molar-refractivity contribution is -0.137. The molecule has 3 atom stereocenters. The van der Waals surface area contributed by atoms with E-state index in [4.69, 9.17) is 5.73 Å². The SMILES string of the molecule is CC(C)CC1CCCN(C(=O)C(C)C(C)N)C1. The second kappa shape index (κ2) is 6.39. The summed E-state index contributed by atoms with van der Waals surface area (Å²) in [5.74, 6) is 1.61. The molecule has 0 aromatic carbocycles. The molecule has 100 valence electrons. The van der Waals surface area contributed by atoms with Gasteiger partial charge < -0.3 is 10.6 Å². The molecule has 0 aromatic heterocycles. The predicted molar refractivity (Wildman–Crippen MR) is 71.6 cm³/mol. The number of nitrogens with zero attached hydrogens (tertiary/aromatic N) is 1. The first-order valence-electron chi connectivity index (χ1n) is 6.96. The minimum absolute atomic E-state index is 0.0482. The van der Waals surface area contributed by atoms with Crippen molar-refractivity contribution in [3.63, 3.8) is 0 Å². The van der Waals surface area contributed by atoms with E-state index < -0.39 is 0 Å². The first-order valence-corrected chi connectivity index (χ1v) is 6.96. The van der Waals surface area contributed by atoms with E-state index in [2.05, 4.69) is 13.8 Å². The van der Waals surface area contributed by atoms with E-state index in [1.807, 2.05) is 18.7 Å².